The standard InChI is InChI=1S/C17H20N2/c1-13-6-5-9-16(17(13)18)19(15-10-11-15)12-14-7-3-2-4-8-14/h2-9,15H,10-12,18H2,1H3. The fourth-order valence-electron chi connectivity index (χ4n) is 2.49. The van der Waals surface area contributed by atoms with Crippen molar-refractivity contribution in [3.05, 3.63) is 59.7 Å². The Morgan fingerprint density at radius 3 is 2.47 bits per heavy atom. The van der Waals surface area contributed by atoms with Gasteiger partial charge < -0.3 is 10.6 Å². The molecule has 0 saturated heterocycles. The molecule has 1 fully saturated rings. The molecule has 0 aromatic heterocycles. The molecule has 0 aliphatic heterocycles. The lowest BCUT2D eigenvalue weighted by atomic mass is 10.1. The van der Waals surface area contributed by atoms with E-state index in [0.717, 1.165) is 17.8 Å². The maximum absolute atomic E-state index is 6.26. The van der Waals surface area contributed by atoms with Crippen molar-refractivity contribution in [2.45, 2.75) is 32.4 Å². The number of nitrogens with zero attached hydrogens (tertiary/aromatic N) is 1. The Morgan fingerprint density at radius 1 is 1.05 bits per heavy atom. The smallest absolute Gasteiger partial charge is 0.0608 e. The molecule has 0 radical (unpaired) electrons. The molecule has 2 nitrogen and oxygen atoms in total. The number of nitrogen functional groups attached to an aromatic ring is 1. The van der Waals surface area contributed by atoms with Crippen molar-refractivity contribution >= 4 is 11.4 Å². The highest BCUT2D eigenvalue weighted by molar-refractivity contribution is 5.71. The van der Waals surface area contributed by atoms with Crippen LogP contribution in [0.1, 0.15) is 24.0 Å². The van der Waals surface area contributed by atoms with Crippen LogP contribution in [0.5, 0.6) is 0 Å². The molecule has 0 bridgehead atoms. The van der Waals surface area contributed by atoms with E-state index >= 15 is 0 Å². The van der Waals surface area contributed by atoms with Crippen molar-refractivity contribution in [2.75, 3.05) is 10.6 Å². The fourth-order valence-corrected chi connectivity index (χ4v) is 2.49. The van der Waals surface area contributed by atoms with Crippen LogP contribution in [0.3, 0.4) is 0 Å². The lowest BCUT2D eigenvalue weighted by Gasteiger charge is -2.27. The molecular formula is C17H20N2. The molecule has 3 rings (SSSR count). The van der Waals surface area contributed by atoms with E-state index in [9.17, 15) is 0 Å². The molecule has 0 unspecified atom stereocenters. The predicted octanol–water partition coefficient (Wildman–Crippen LogP) is 3.75. The Kier molecular flexibility index (Phi) is 3.16. The predicted molar refractivity (Wildman–Crippen MR) is 81.2 cm³/mol. The summed E-state index contributed by atoms with van der Waals surface area (Å²) in [5.41, 5.74) is 10.9. The van der Waals surface area contributed by atoms with Gasteiger partial charge in [0.05, 0.1) is 11.4 Å². The molecule has 1 saturated carbocycles. The summed E-state index contributed by atoms with van der Waals surface area (Å²) < 4.78 is 0. The SMILES string of the molecule is Cc1cccc(N(Cc2ccccc2)C2CC2)c1N. The van der Waals surface area contributed by atoms with Crippen molar-refractivity contribution in [1.29, 1.82) is 0 Å². The number of anilines is 2. The maximum Gasteiger partial charge on any atom is 0.0608 e. The fraction of sp³-hybridized carbons (Fsp3) is 0.294. The van der Waals surface area contributed by atoms with Gasteiger partial charge in [0.2, 0.25) is 0 Å². The van der Waals surface area contributed by atoms with Crippen molar-refractivity contribution in [2.24, 2.45) is 0 Å². The molecule has 0 heterocycles. The summed E-state index contributed by atoms with van der Waals surface area (Å²) in [6, 6.07) is 17.6. The van der Waals surface area contributed by atoms with Gasteiger partial charge in [-0.15, -0.1) is 0 Å². The molecule has 0 spiro atoms. The molecular weight excluding hydrogens is 232 g/mol. The summed E-state index contributed by atoms with van der Waals surface area (Å²) in [5.74, 6) is 0. The van der Waals surface area contributed by atoms with Gasteiger partial charge in [0.25, 0.3) is 0 Å². The van der Waals surface area contributed by atoms with E-state index in [4.69, 9.17) is 5.73 Å². The average molecular weight is 252 g/mol. The number of aryl methyl sites for hydroxylation is 1. The molecule has 1 aliphatic rings. The lowest BCUT2D eigenvalue weighted by Crippen LogP contribution is -2.26. The molecule has 0 atom stereocenters. The Labute approximate surface area is 114 Å². The number of nitrogens with two attached hydrogens (primary N) is 1. The summed E-state index contributed by atoms with van der Waals surface area (Å²) in [6.07, 6.45) is 2.56. The van der Waals surface area contributed by atoms with E-state index < -0.39 is 0 Å². The van der Waals surface area contributed by atoms with E-state index in [1.54, 1.807) is 0 Å². The molecule has 19 heavy (non-hydrogen) atoms. The molecule has 2 aromatic rings. The van der Waals surface area contributed by atoms with Gasteiger partial charge in [-0.25, -0.2) is 0 Å². The molecule has 0 amide bonds. The van der Waals surface area contributed by atoms with Crippen molar-refractivity contribution < 1.29 is 0 Å². The minimum Gasteiger partial charge on any atom is -0.397 e. The van der Waals surface area contributed by atoms with Crippen LogP contribution in [-0.2, 0) is 6.54 Å². The van der Waals surface area contributed by atoms with Gasteiger partial charge in [-0.3, -0.25) is 0 Å². The van der Waals surface area contributed by atoms with Crippen LogP contribution in [0.4, 0.5) is 11.4 Å². The summed E-state index contributed by atoms with van der Waals surface area (Å²) in [4.78, 5) is 2.46. The first-order valence-corrected chi connectivity index (χ1v) is 6.91. The zero-order chi connectivity index (χ0) is 13.2. The van der Waals surface area contributed by atoms with Crippen molar-refractivity contribution in [3.8, 4) is 0 Å². The second-order valence-corrected chi connectivity index (χ2v) is 5.35. The van der Waals surface area contributed by atoms with Crippen molar-refractivity contribution in [1.82, 2.24) is 0 Å². The van der Waals surface area contributed by atoms with Crippen LogP contribution < -0.4 is 10.6 Å². The molecule has 2 N–H and O–H groups in total. The normalized spacial score (nSPS) is 14.4. The third-order valence-corrected chi connectivity index (χ3v) is 3.79. The molecule has 2 heteroatoms. The third kappa shape index (κ3) is 2.58. The number of para-hydroxylation sites is 1. The number of rotatable bonds is 4. The first kappa shape index (κ1) is 12.1. The van der Waals surface area contributed by atoms with Gasteiger partial charge >= 0.3 is 0 Å². The number of hydrogen-bond acceptors (Lipinski definition) is 2. The van der Waals surface area contributed by atoms with Crippen LogP contribution in [-0.4, -0.2) is 6.04 Å². The number of hydrogen-bond donors (Lipinski definition) is 1. The Bertz CT molecular complexity index is 559. The Morgan fingerprint density at radius 2 is 1.79 bits per heavy atom. The number of benzene rings is 2. The second-order valence-electron chi connectivity index (χ2n) is 5.35. The maximum atomic E-state index is 6.26. The molecule has 98 valence electrons. The minimum absolute atomic E-state index is 0.657. The first-order chi connectivity index (χ1) is 9.25. The van der Waals surface area contributed by atoms with Gasteiger partial charge in [-0.2, -0.15) is 0 Å². The summed E-state index contributed by atoms with van der Waals surface area (Å²) in [6.45, 7) is 3.02. The van der Waals surface area contributed by atoms with Gasteiger partial charge in [-0.1, -0.05) is 42.5 Å². The topological polar surface area (TPSA) is 29.3 Å². The van der Waals surface area contributed by atoms with E-state index in [0.29, 0.717) is 6.04 Å². The Hall–Kier alpha value is -1.96. The van der Waals surface area contributed by atoms with Crippen LogP contribution in [0, 0.1) is 6.92 Å². The summed E-state index contributed by atoms with van der Waals surface area (Å²) in [5, 5.41) is 0. The highest BCUT2D eigenvalue weighted by Crippen LogP contribution is 2.37. The van der Waals surface area contributed by atoms with Crippen LogP contribution in [0.25, 0.3) is 0 Å². The van der Waals surface area contributed by atoms with E-state index in [1.165, 1.54) is 24.1 Å². The molecule has 1 aliphatic carbocycles. The van der Waals surface area contributed by atoms with E-state index in [2.05, 4.69) is 60.4 Å². The highest BCUT2D eigenvalue weighted by atomic mass is 15.2. The van der Waals surface area contributed by atoms with Gasteiger partial charge in [-0.05, 0) is 37.0 Å². The first-order valence-electron chi connectivity index (χ1n) is 6.91. The van der Waals surface area contributed by atoms with E-state index in [-0.39, 0.29) is 0 Å². The average Bonchev–Trinajstić information content (AvgIpc) is 3.25. The van der Waals surface area contributed by atoms with E-state index in [1.807, 2.05) is 0 Å². The van der Waals surface area contributed by atoms with Gasteiger partial charge in [0.1, 0.15) is 0 Å². The van der Waals surface area contributed by atoms with Crippen LogP contribution >= 0.6 is 0 Å². The largest absolute Gasteiger partial charge is 0.397 e. The van der Waals surface area contributed by atoms with Crippen molar-refractivity contribution in [3.63, 3.8) is 0 Å². The highest BCUT2D eigenvalue weighted by Gasteiger charge is 2.30. The third-order valence-electron chi connectivity index (χ3n) is 3.79. The van der Waals surface area contributed by atoms with Gasteiger partial charge in [0, 0.05) is 12.6 Å². The summed E-state index contributed by atoms with van der Waals surface area (Å²) in [7, 11) is 0. The monoisotopic (exact) mass is 252 g/mol. The summed E-state index contributed by atoms with van der Waals surface area (Å²) >= 11 is 0. The Balaban J connectivity index is 1.91. The van der Waals surface area contributed by atoms with Crippen LogP contribution in [0.15, 0.2) is 48.5 Å². The molecule has 2 aromatic carbocycles. The zero-order valence-corrected chi connectivity index (χ0v) is 11.3. The lowest BCUT2D eigenvalue weighted by molar-refractivity contribution is 0.795. The quantitative estimate of drug-likeness (QED) is 0.840. The van der Waals surface area contributed by atoms with Gasteiger partial charge in [0.15, 0.2) is 0 Å². The minimum atomic E-state index is 0.657. The van der Waals surface area contributed by atoms with Crippen LogP contribution in [0.2, 0.25) is 0 Å². The zero-order valence-electron chi connectivity index (χ0n) is 11.3. The second kappa shape index (κ2) is 4.96.